The fraction of sp³-hybridized carbons (Fsp3) is 0.533. The molecule has 0 saturated heterocycles. The highest BCUT2D eigenvalue weighted by Crippen LogP contribution is 2.42. The molecule has 0 aliphatic heterocycles. The van der Waals surface area contributed by atoms with Crippen molar-refractivity contribution < 1.29 is 9.90 Å². The Balaban J connectivity index is 2.61. The number of carbonyl (C=O) groups excluding carboxylic acids is 1. The SMILES string of the molecule is Cc1cc2c(cc1O)[C@@H](C)CC(=O)[C@@H]2C(C)C. The van der Waals surface area contributed by atoms with Gasteiger partial charge in [0.05, 0.1) is 0 Å². The summed E-state index contributed by atoms with van der Waals surface area (Å²) in [5.41, 5.74) is 3.13. The van der Waals surface area contributed by atoms with Gasteiger partial charge in [-0.3, -0.25) is 4.79 Å². The first kappa shape index (κ1) is 12.2. The minimum Gasteiger partial charge on any atom is -0.508 e. The Kier molecular flexibility index (Phi) is 2.98. The number of hydrogen-bond donors (Lipinski definition) is 1. The molecule has 0 spiro atoms. The summed E-state index contributed by atoms with van der Waals surface area (Å²) < 4.78 is 0. The first-order chi connectivity index (χ1) is 7.91. The molecule has 2 atom stereocenters. The lowest BCUT2D eigenvalue weighted by atomic mass is 9.72. The van der Waals surface area contributed by atoms with E-state index in [1.807, 2.05) is 19.1 Å². The number of aryl methyl sites for hydroxylation is 1. The van der Waals surface area contributed by atoms with Crippen molar-refractivity contribution >= 4 is 5.78 Å². The fourth-order valence-electron chi connectivity index (χ4n) is 2.87. The second kappa shape index (κ2) is 4.17. The molecule has 0 amide bonds. The zero-order valence-corrected chi connectivity index (χ0v) is 10.9. The summed E-state index contributed by atoms with van der Waals surface area (Å²) >= 11 is 0. The number of rotatable bonds is 1. The summed E-state index contributed by atoms with van der Waals surface area (Å²) in [6.45, 7) is 8.12. The van der Waals surface area contributed by atoms with E-state index >= 15 is 0 Å². The number of aromatic hydroxyl groups is 1. The van der Waals surface area contributed by atoms with Gasteiger partial charge in [0.25, 0.3) is 0 Å². The molecule has 0 unspecified atom stereocenters. The van der Waals surface area contributed by atoms with Crippen LogP contribution in [0, 0.1) is 12.8 Å². The molecule has 0 saturated carbocycles. The van der Waals surface area contributed by atoms with E-state index in [9.17, 15) is 9.90 Å². The van der Waals surface area contributed by atoms with Crippen LogP contribution in [0.1, 0.15) is 55.7 Å². The van der Waals surface area contributed by atoms with E-state index in [2.05, 4.69) is 20.8 Å². The summed E-state index contributed by atoms with van der Waals surface area (Å²) in [6.07, 6.45) is 0.596. The predicted octanol–water partition coefficient (Wildman–Crippen LogP) is 3.52. The summed E-state index contributed by atoms with van der Waals surface area (Å²) in [7, 11) is 0. The number of carbonyl (C=O) groups is 1. The molecule has 1 aliphatic rings. The van der Waals surface area contributed by atoms with Crippen molar-refractivity contribution in [1.82, 2.24) is 0 Å². The summed E-state index contributed by atoms with van der Waals surface area (Å²) in [5.74, 6) is 1.22. The van der Waals surface area contributed by atoms with Gasteiger partial charge < -0.3 is 5.11 Å². The second-order valence-electron chi connectivity index (χ2n) is 5.56. The molecule has 2 nitrogen and oxygen atoms in total. The zero-order chi connectivity index (χ0) is 12.7. The predicted molar refractivity (Wildman–Crippen MR) is 68.5 cm³/mol. The van der Waals surface area contributed by atoms with Crippen molar-refractivity contribution in [3.63, 3.8) is 0 Å². The first-order valence-electron chi connectivity index (χ1n) is 6.28. The van der Waals surface area contributed by atoms with Crippen LogP contribution >= 0.6 is 0 Å². The number of fused-ring (bicyclic) bond motifs is 1. The van der Waals surface area contributed by atoms with Gasteiger partial charge in [-0.1, -0.05) is 26.8 Å². The Hall–Kier alpha value is -1.31. The first-order valence-corrected chi connectivity index (χ1v) is 6.28. The Morgan fingerprint density at radius 2 is 1.94 bits per heavy atom. The van der Waals surface area contributed by atoms with Crippen LogP contribution in [0.25, 0.3) is 0 Å². The molecule has 1 aromatic rings. The summed E-state index contributed by atoms with van der Waals surface area (Å²) in [4.78, 5) is 12.1. The quantitative estimate of drug-likeness (QED) is 0.804. The molecular weight excluding hydrogens is 212 g/mol. The largest absolute Gasteiger partial charge is 0.508 e. The lowest BCUT2D eigenvalue weighted by molar-refractivity contribution is -0.122. The molecule has 1 aliphatic carbocycles. The molecule has 0 bridgehead atoms. The van der Waals surface area contributed by atoms with Crippen molar-refractivity contribution in [1.29, 1.82) is 0 Å². The lowest BCUT2D eigenvalue weighted by Crippen LogP contribution is -2.26. The molecule has 0 radical (unpaired) electrons. The maximum Gasteiger partial charge on any atom is 0.141 e. The van der Waals surface area contributed by atoms with Gasteiger partial charge in [-0.15, -0.1) is 0 Å². The molecule has 0 fully saturated rings. The zero-order valence-electron chi connectivity index (χ0n) is 10.9. The molecule has 2 rings (SSSR count). The van der Waals surface area contributed by atoms with Crippen molar-refractivity contribution in [2.75, 3.05) is 0 Å². The Bertz CT molecular complexity index is 460. The van der Waals surface area contributed by atoms with Crippen molar-refractivity contribution in [3.05, 3.63) is 28.8 Å². The van der Waals surface area contributed by atoms with E-state index in [4.69, 9.17) is 0 Å². The second-order valence-corrected chi connectivity index (χ2v) is 5.56. The number of hydrogen-bond acceptors (Lipinski definition) is 2. The summed E-state index contributed by atoms with van der Waals surface area (Å²) in [5, 5.41) is 9.80. The number of phenols is 1. The Morgan fingerprint density at radius 3 is 2.53 bits per heavy atom. The number of Topliss-reactive ketones (excluding diaryl/α,β-unsaturated/α-hetero) is 1. The van der Waals surface area contributed by atoms with Gasteiger partial charge in [-0.2, -0.15) is 0 Å². The van der Waals surface area contributed by atoms with Crippen LogP contribution in [-0.4, -0.2) is 10.9 Å². The van der Waals surface area contributed by atoms with E-state index in [0.29, 0.717) is 23.9 Å². The van der Waals surface area contributed by atoms with E-state index in [1.54, 1.807) is 0 Å². The smallest absolute Gasteiger partial charge is 0.141 e. The van der Waals surface area contributed by atoms with Gasteiger partial charge >= 0.3 is 0 Å². The Labute approximate surface area is 103 Å². The lowest BCUT2D eigenvalue weighted by Gasteiger charge is -2.31. The third kappa shape index (κ3) is 1.97. The van der Waals surface area contributed by atoms with E-state index < -0.39 is 0 Å². The van der Waals surface area contributed by atoms with Gasteiger partial charge in [0.1, 0.15) is 11.5 Å². The van der Waals surface area contributed by atoms with Crippen LogP contribution in [0.4, 0.5) is 0 Å². The topological polar surface area (TPSA) is 37.3 Å². The Morgan fingerprint density at radius 1 is 1.29 bits per heavy atom. The standard InChI is InChI=1S/C15H20O2/c1-8(2)15-12-5-10(4)13(16)7-11(12)9(3)6-14(15)17/h5,7-9,15-16H,6H2,1-4H3/t9-,15+/m0/s1. The van der Waals surface area contributed by atoms with Crippen LogP contribution in [0.5, 0.6) is 5.75 Å². The molecule has 2 heteroatoms. The van der Waals surface area contributed by atoms with E-state index in [-0.39, 0.29) is 11.8 Å². The van der Waals surface area contributed by atoms with Crippen molar-refractivity contribution in [2.24, 2.45) is 5.92 Å². The fourth-order valence-corrected chi connectivity index (χ4v) is 2.87. The number of phenolic OH excluding ortho intramolecular Hbond substituents is 1. The molecule has 92 valence electrons. The minimum atomic E-state index is 0.000463. The summed E-state index contributed by atoms with van der Waals surface area (Å²) in [6, 6.07) is 3.83. The highest BCUT2D eigenvalue weighted by atomic mass is 16.3. The monoisotopic (exact) mass is 232 g/mol. The van der Waals surface area contributed by atoms with Crippen LogP contribution in [0.3, 0.4) is 0 Å². The van der Waals surface area contributed by atoms with Crippen molar-refractivity contribution in [2.45, 2.75) is 46.0 Å². The molecular formula is C15H20O2. The molecule has 1 aromatic carbocycles. The van der Waals surface area contributed by atoms with Crippen LogP contribution < -0.4 is 0 Å². The average Bonchev–Trinajstić information content (AvgIpc) is 2.20. The van der Waals surface area contributed by atoms with Crippen LogP contribution in [-0.2, 0) is 4.79 Å². The molecule has 0 aromatic heterocycles. The van der Waals surface area contributed by atoms with Gasteiger partial charge in [-0.25, -0.2) is 0 Å². The van der Waals surface area contributed by atoms with Gasteiger partial charge in [0.2, 0.25) is 0 Å². The van der Waals surface area contributed by atoms with Crippen molar-refractivity contribution in [3.8, 4) is 5.75 Å². The van der Waals surface area contributed by atoms with Gasteiger partial charge in [0, 0.05) is 12.3 Å². The van der Waals surface area contributed by atoms with Crippen LogP contribution in [0.15, 0.2) is 12.1 Å². The molecule has 17 heavy (non-hydrogen) atoms. The highest BCUT2D eigenvalue weighted by molar-refractivity contribution is 5.89. The third-order valence-corrected chi connectivity index (χ3v) is 3.79. The van der Waals surface area contributed by atoms with Crippen LogP contribution in [0.2, 0.25) is 0 Å². The number of ketones is 1. The average molecular weight is 232 g/mol. The third-order valence-electron chi connectivity index (χ3n) is 3.79. The minimum absolute atomic E-state index is 0.000463. The van der Waals surface area contributed by atoms with E-state index in [0.717, 1.165) is 16.7 Å². The van der Waals surface area contributed by atoms with Gasteiger partial charge in [0.15, 0.2) is 0 Å². The van der Waals surface area contributed by atoms with E-state index in [1.165, 1.54) is 0 Å². The maximum atomic E-state index is 12.1. The molecule has 1 N–H and O–H groups in total. The number of benzene rings is 1. The highest BCUT2D eigenvalue weighted by Gasteiger charge is 2.33. The maximum absolute atomic E-state index is 12.1. The van der Waals surface area contributed by atoms with Gasteiger partial charge in [-0.05, 0) is 41.5 Å². The normalized spacial score (nSPS) is 23.9. The molecule has 0 heterocycles.